The minimum Gasteiger partial charge on any atom is -0.348 e. The van der Waals surface area contributed by atoms with Gasteiger partial charge in [0.05, 0.1) is 16.8 Å². The number of halogens is 2. The van der Waals surface area contributed by atoms with Crippen LogP contribution in [-0.4, -0.2) is 10.9 Å². The molecular weight excluding hydrogens is 609 g/mol. The number of carbonyl (C=O) groups excluding carboxylic acids is 1. The normalized spacial score (nSPS) is 11.2. The monoisotopic (exact) mass is 627 g/mol. The number of carbonyl (C=O) groups is 1. The third-order valence-electron chi connectivity index (χ3n) is 5.54. The molecule has 2 heterocycles. The van der Waals surface area contributed by atoms with Crippen LogP contribution < -0.4 is 11.1 Å². The third kappa shape index (κ3) is 4.68. The van der Waals surface area contributed by atoms with E-state index in [1.807, 2.05) is 54.6 Å². The molecule has 4 nitrogen and oxygen atoms in total. The van der Waals surface area contributed by atoms with Gasteiger partial charge in [0, 0.05) is 47.5 Å². The van der Waals surface area contributed by atoms with Crippen LogP contribution in [0.2, 0.25) is 0 Å². The number of nitrogens with one attached hydrogen (secondary N) is 1. The largest absolute Gasteiger partial charge is 0.348 e. The fourth-order valence-corrected chi connectivity index (χ4v) is 5.58. The van der Waals surface area contributed by atoms with E-state index < -0.39 is 0 Å². The highest BCUT2D eigenvalue weighted by atomic mass is 127. The molecule has 0 fully saturated rings. The third-order valence-corrected chi connectivity index (χ3v) is 7.67. The predicted molar refractivity (Wildman–Crippen MR) is 148 cm³/mol. The van der Waals surface area contributed by atoms with Gasteiger partial charge in [-0.25, -0.2) is 4.98 Å². The van der Waals surface area contributed by atoms with Crippen molar-refractivity contribution in [3.63, 3.8) is 0 Å². The zero-order chi connectivity index (χ0) is 22.9. The van der Waals surface area contributed by atoms with Gasteiger partial charge in [-0.05, 0) is 76.2 Å². The Kier molecular flexibility index (Phi) is 6.47. The number of benzene rings is 3. The second kappa shape index (κ2) is 9.50. The molecule has 7 heteroatoms. The molecule has 0 radical (unpaired) electrons. The van der Waals surface area contributed by atoms with Crippen molar-refractivity contribution in [1.29, 1.82) is 0 Å². The fourth-order valence-electron chi connectivity index (χ4n) is 3.79. The van der Waals surface area contributed by atoms with Gasteiger partial charge < -0.3 is 11.1 Å². The second-order valence-corrected chi connectivity index (χ2v) is 10.8. The van der Waals surface area contributed by atoms with E-state index in [2.05, 4.69) is 61.4 Å². The first-order valence-electron chi connectivity index (χ1n) is 10.4. The van der Waals surface area contributed by atoms with Gasteiger partial charge in [-0.2, -0.15) is 0 Å². The average Bonchev–Trinajstić information content (AvgIpc) is 3.25. The van der Waals surface area contributed by atoms with Crippen molar-refractivity contribution in [1.82, 2.24) is 10.3 Å². The van der Waals surface area contributed by atoms with Crippen molar-refractivity contribution in [2.45, 2.75) is 13.1 Å². The van der Waals surface area contributed by atoms with Crippen molar-refractivity contribution < 1.29 is 4.79 Å². The first-order chi connectivity index (χ1) is 16.0. The molecule has 33 heavy (non-hydrogen) atoms. The van der Waals surface area contributed by atoms with Crippen LogP contribution in [0.1, 0.15) is 21.5 Å². The predicted octanol–water partition coefficient (Wildman–Crippen LogP) is 6.87. The van der Waals surface area contributed by atoms with E-state index in [1.54, 1.807) is 11.3 Å². The number of thiophene rings is 1. The molecule has 1 amide bonds. The van der Waals surface area contributed by atoms with Gasteiger partial charge in [0.25, 0.3) is 5.91 Å². The summed E-state index contributed by atoms with van der Waals surface area (Å²) < 4.78 is 3.26. The molecule has 0 saturated heterocycles. The highest BCUT2D eigenvalue weighted by molar-refractivity contribution is 14.1. The lowest BCUT2D eigenvalue weighted by Gasteiger charge is -2.11. The molecule has 5 aromatic rings. The number of rotatable bonds is 5. The Morgan fingerprint density at radius 1 is 1.00 bits per heavy atom. The van der Waals surface area contributed by atoms with Gasteiger partial charge in [-0.3, -0.25) is 4.79 Å². The molecule has 0 unspecified atom stereocenters. The quantitative estimate of drug-likeness (QED) is 0.209. The van der Waals surface area contributed by atoms with Gasteiger partial charge in [-0.1, -0.05) is 40.2 Å². The zero-order valence-electron chi connectivity index (χ0n) is 17.4. The molecule has 2 aromatic heterocycles. The number of nitrogens with two attached hydrogens (primary N) is 1. The SMILES string of the molecule is NCc1ccc(CNC(=O)c2cc(-c3csc4ccc(Br)cc34)nc3ccc(I)cc23)cc1. The van der Waals surface area contributed by atoms with Crippen LogP contribution >= 0.6 is 49.9 Å². The average molecular weight is 628 g/mol. The van der Waals surface area contributed by atoms with Crippen LogP contribution in [0, 0.1) is 3.57 Å². The Morgan fingerprint density at radius 2 is 1.79 bits per heavy atom. The maximum Gasteiger partial charge on any atom is 0.252 e. The Labute approximate surface area is 217 Å². The van der Waals surface area contributed by atoms with E-state index in [0.717, 1.165) is 46.7 Å². The maximum atomic E-state index is 13.3. The first kappa shape index (κ1) is 22.5. The van der Waals surface area contributed by atoms with Crippen LogP contribution in [-0.2, 0) is 13.1 Å². The summed E-state index contributed by atoms with van der Waals surface area (Å²) in [6, 6.07) is 22.1. The van der Waals surface area contributed by atoms with E-state index >= 15 is 0 Å². The van der Waals surface area contributed by atoms with E-state index in [0.29, 0.717) is 18.7 Å². The summed E-state index contributed by atoms with van der Waals surface area (Å²) in [5.74, 6) is -0.116. The molecule has 0 bridgehead atoms. The smallest absolute Gasteiger partial charge is 0.252 e. The van der Waals surface area contributed by atoms with Crippen molar-refractivity contribution in [3.8, 4) is 11.3 Å². The summed E-state index contributed by atoms with van der Waals surface area (Å²) >= 11 is 7.52. The van der Waals surface area contributed by atoms with Gasteiger partial charge in [0.1, 0.15) is 0 Å². The summed E-state index contributed by atoms with van der Waals surface area (Å²) in [7, 11) is 0. The number of aromatic nitrogens is 1. The lowest BCUT2D eigenvalue weighted by atomic mass is 10.0. The van der Waals surface area contributed by atoms with E-state index in [9.17, 15) is 4.79 Å². The molecule has 0 aliphatic rings. The maximum absolute atomic E-state index is 13.3. The minimum atomic E-state index is -0.116. The Bertz CT molecular complexity index is 1500. The fraction of sp³-hybridized carbons (Fsp3) is 0.0769. The molecule has 0 saturated carbocycles. The van der Waals surface area contributed by atoms with E-state index in [-0.39, 0.29) is 5.91 Å². The number of pyridine rings is 1. The van der Waals surface area contributed by atoms with E-state index in [1.165, 1.54) is 4.70 Å². The molecule has 5 rings (SSSR count). The van der Waals surface area contributed by atoms with Crippen molar-refractivity contribution in [2.75, 3.05) is 0 Å². The molecule has 0 spiro atoms. The molecule has 3 aromatic carbocycles. The summed E-state index contributed by atoms with van der Waals surface area (Å²) in [6.45, 7) is 0.950. The van der Waals surface area contributed by atoms with Crippen LogP contribution in [0.15, 0.2) is 76.6 Å². The number of fused-ring (bicyclic) bond motifs is 2. The number of amides is 1. The Balaban J connectivity index is 1.55. The van der Waals surface area contributed by atoms with Gasteiger partial charge in [0.15, 0.2) is 0 Å². The van der Waals surface area contributed by atoms with Crippen LogP contribution in [0.5, 0.6) is 0 Å². The lowest BCUT2D eigenvalue weighted by Crippen LogP contribution is -2.23. The molecule has 0 aliphatic heterocycles. The molecular formula is C26H19BrIN3OS. The zero-order valence-corrected chi connectivity index (χ0v) is 22.0. The second-order valence-electron chi connectivity index (χ2n) is 7.71. The topological polar surface area (TPSA) is 68.0 Å². The highest BCUT2D eigenvalue weighted by Gasteiger charge is 2.16. The van der Waals surface area contributed by atoms with Crippen molar-refractivity contribution in [2.24, 2.45) is 5.73 Å². The minimum absolute atomic E-state index is 0.116. The lowest BCUT2D eigenvalue weighted by molar-refractivity contribution is 0.0952. The summed E-state index contributed by atoms with van der Waals surface area (Å²) in [5.41, 5.74) is 11.0. The summed E-state index contributed by atoms with van der Waals surface area (Å²) in [5, 5.41) is 7.16. The van der Waals surface area contributed by atoms with Crippen molar-refractivity contribution >= 4 is 76.8 Å². The highest BCUT2D eigenvalue weighted by Crippen LogP contribution is 2.36. The molecule has 0 atom stereocenters. The Hall–Kier alpha value is -2.33. The molecule has 0 aliphatic carbocycles. The van der Waals surface area contributed by atoms with Gasteiger partial charge in [0.2, 0.25) is 0 Å². The summed E-state index contributed by atoms with van der Waals surface area (Å²) in [6.07, 6.45) is 0. The number of hydrogen-bond acceptors (Lipinski definition) is 4. The Morgan fingerprint density at radius 3 is 2.58 bits per heavy atom. The standard InChI is InChI=1S/C26H19BrIN3OS/c27-17-5-8-25-20(9-17)22(14-33-25)24-11-21(19-10-18(28)6-7-23(19)31-24)26(32)30-13-16-3-1-15(12-29)2-4-16/h1-11,14H,12-13,29H2,(H,30,32). The van der Waals surface area contributed by atoms with Crippen LogP contribution in [0.25, 0.3) is 32.2 Å². The van der Waals surface area contributed by atoms with Gasteiger partial charge in [-0.15, -0.1) is 11.3 Å². The van der Waals surface area contributed by atoms with Crippen LogP contribution in [0.3, 0.4) is 0 Å². The number of hydrogen-bond donors (Lipinski definition) is 2. The van der Waals surface area contributed by atoms with Crippen molar-refractivity contribution in [3.05, 3.63) is 96.8 Å². The molecule has 164 valence electrons. The van der Waals surface area contributed by atoms with Crippen LogP contribution in [0.4, 0.5) is 0 Å². The molecule has 3 N–H and O–H groups in total. The van der Waals surface area contributed by atoms with E-state index in [4.69, 9.17) is 10.7 Å². The summed E-state index contributed by atoms with van der Waals surface area (Å²) in [4.78, 5) is 18.3. The van der Waals surface area contributed by atoms with Gasteiger partial charge >= 0.3 is 0 Å². The first-order valence-corrected chi connectivity index (χ1v) is 13.1. The number of nitrogens with zero attached hydrogens (tertiary/aromatic N) is 1.